The van der Waals surface area contributed by atoms with E-state index in [0.29, 0.717) is 0 Å². The summed E-state index contributed by atoms with van der Waals surface area (Å²) >= 11 is 0. The van der Waals surface area contributed by atoms with E-state index in [1.165, 1.54) is 0 Å². The van der Waals surface area contributed by atoms with E-state index in [9.17, 15) is 20.1 Å². The first kappa shape index (κ1) is 19.5. The number of aliphatic hydroxyl groups is 3. The highest BCUT2D eigenvalue weighted by molar-refractivity contribution is 5.89. The zero-order chi connectivity index (χ0) is 19.2. The minimum atomic E-state index is -1.58. The molecular weight excluding hydrogens is 352 g/mol. The Balaban J connectivity index is 1.70. The summed E-state index contributed by atoms with van der Waals surface area (Å²) in [5, 5.41) is 30.2. The minimum absolute atomic E-state index is 0.165. The van der Waals surface area contributed by atoms with Crippen LogP contribution in [0.25, 0.3) is 0 Å². The number of esters is 1. The third kappa shape index (κ3) is 4.71. The Kier molecular flexibility index (Phi) is 6.54. The molecule has 0 bridgehead atoms. The topological polar surface area (TPSA) is 105 Å². The van der Waals surface area contributed by atoms with Crippen LogP contribution in [-0.2, 0) is 20.8 Å². The smallest absolute Gasteiger partial charge is 0.338 e. The van der Waals surface area contributed by atoms with Crippen LogP contribution in [0.3, 0.4) is 0 Å². The van der Waals surface area contributed by atoms with Gasteiger partial charge in [0.1, 0.15) is 18.3 Å². The van der Waals surface area contributed by atoms with Gasteiger partial charge in [0.05, 0.1) is 18.8 Å². The molecule has 27 heavy (non-hydrogen) atoms. The first-order valence-corrected chi connectivity index (χ1v) is 8.64. The second-order valence-electron chi connectivity index (χ2n) is 6.24. The van der Waals surface area contributed by atoms with Crippen LogP contribution in [-0.4, -0.2) is 58.6 Å². The fourth-order valence-electron chi connectivity index (χ4n) is 2.92. The molecule has 5 atom stereocenters. The minimum Gasteiger partial charge on any atom is -0.450 e. The molecule has 1 saturated heterocycles. The second-order valence-corrected chi connectivity index (χ2v) is 6.24. The fraction of sp³-hybridized carbons (Fsp3) is 0.350. The highest BCUT2D eigenvalue weighted by Gasteiger charge is 2.47. The number of carbonyl (C=O) groups is 1. The lowest BCUT2D eigenvalue weighted by Gasteiger charge is -2.41. The number of ether oxygens (including phenoxy) is 3. The van der Waals surface area contributed by atoms with Crippen LogP contribution in [0, 0.1) is 0 Å². The molecule has 1 fully saturated rings. The van der Waals surface area contributed by atoms with Gasteiger partial charge in [-0.05, 0) is 17.7 Å². The molecule has 1 heterocycles. The van der Waals surface area contributed by atoms with E-state index in [-0.39, 0.29) is 12.2 Å². The van der Waals surface area contributed by atoms with Gasteiger partial charge in [-0.3, -0.25) is 0 Å². The Morgan fingerprint density at radius 2 is 1.59 bits per heavy atom. The monoisotopic (exact) mass is 374 g/mol. The molecule has 0 spiro atoms. The first-order valence-electron chi connectivity index (χ1n) is 8.64. The van der Waals surface area contributed by atoms with E-state index in [1.54, 1.807) is 30.3 Å². The summed E-state index contributed by atoms with van der Waals surface area (Å²) in [6.45, 7) is -0.301. The molecule has 144 valence electrons. The van der Waals surface area contributed by atoms with Gasteiger partial charge in [0.25, 0.3) is 0 Å². The van der Waals surface area contributed by atoms with Gasteiger partial charge in [0.15, 0.2) is 12.4 Å². The Bertz CT molecular complexity index is 722. The summed E-state index contributed by atoms with van der Waals surface area (Å²) in [5.74, 6) is -0.702. The van der Waals surface area contributed by atoms with Gasteiger partial charge in [-0.15, -0.1) is 0 Å². The molecule has 2 aromatic carbocycles. The van der Waals surface area contributed by atoms with Gasteiger partial charge >= 0.3 is 5.97 Å². The van der Waals surface area contributed by atoms with E-state index in [4.69, 9.17) is 14.2 Å². The predicted molar refractivity (Wildman–Crippen MR) is 94.6 cm³/mol. The Morgan fingerprint density at radius 3 is 2.22 bits per heavy atom. The summed E-state index contributed by atoms with van der Waals surface area (Å²) in [4.78, 5) is 12.3. The summed E-state index contributed by atoms with van der Waals surface area (Å²) in [7, 11) is 0. The van der Waals surface area contributed by atoms with E-state index in [2.05, 4.69) is 0 Å². The van der Waals surface area contributed by atoms with Crippen molar-refractivity contribution in [1.29, 1.82) is 0 Å². The van der Waals surface area contributed by atoms with Gasteiger partial charge in [0, 0.05) is 0 Å². The average molecular weight is 374 g/mol. The SMILES string of the molecule is O=C(O[C@@H]1[C@@H](O)[C@H](OCc2ccccc2)[C@@H](CO)O[C@H]1O)c1ccccc1. The van der Waals surface area contributed by atoms with Crippen LogP contribution < -0.4 is 0 Å². The second kappa shape index (κ2) is 9.07. The number of benzene rings is 2. The van der Waals surface area contributed by atoms with Crippen LogP contribution in [0.15, 0.2) is 60.7 Å². The van der Waals surface area contributed by atoms with Crippen molar-refractivity contribution in [2.75, 3.05) is 6.61 Å². The molecule has 3 N–H and O–H groups in total. The van der Waals surface area contributed by atoms with Crippen molar-refractivity contribution >= 4 is 5.97 Å². The number of hydrogen-bond donors (Lipinski definition) is 3. The van der Waals surface area contributed by atoms with Crippen LogP contribution in [0.4, 0.5) is 0 Å². The standard InChI is InChI=1S/C20H22O7/c21-11-15-17(25-12-13-7-3-1-4-8-13)16(22)18(20(24)26-15)27-19(23)14-9-5-2-6-10-14/h1-10,15-18,20-22,24H,11-12H2/t15-,16+,17-,18-,20-/m1/s1. The quantitative estimate of drug-likeness (QED) is 0.644. The van der Waals surface area contributed by atoms with Crippen LogP contribution in [0.1, 0.15) is 15.9 Å². The fourth-order valence-corrected chi connectivity index (χ4v) is 2.92. The summed E-state index contributed by atoms with van der Waals surface area (Å²) in [6, 6.07) is 17.5. The van der Waals surface area contributed by atoms with E-state index < -0.39 is 43.3 Å². The molecule has 1 aliphatic rings. The van der Waals surface area contributed by atoms with Crippen molar-refractivity contribution in [3.05, 3.63) is 71.8 Å². The van der Waals surface area contributed by atoms with Crippen LogP contribution in [0.2, 0.25) is 0 Å². The molecule has 0 aromatic heterocycles. The maximum absolute atomic E-state index is 12.3. The average Bonchev–Trinajstić information content (AvgIpc) is 2.71. The van der Waals surface area contributed by atoms with Crippen molar-refractivity contribution in [2.24, 2.45) is 0 Å². The highest BCUT2D eigenvalue weighted by atomic mass is 16.7. The molecule has 3 rings (SSSR count). The Labute approximate surface area is 156 Å². The number of aliphatic hydroxyl groups excluding tert-OH is 3. The summed E-state index contributed by atoms with van der Waals surface area (Å²) in [6.07, 6.45) is -6.23. The molecule has 7 heteroatoms. The Morgan fingerprint density at radius 1 is 0.963 bits per heavy atom. The number of hydrogen-bond acceptors (Lipinski definition) is 7. The molecule has 0 radical (unpaired) electrons. The third-order valence-corrected chi connectivity index (χ3v) is 4.35. The first-order chi connectivity index (χ1) is 13.1. The lowest BCUT2D eigenvalue weighted by atomic mass is 9.98. The number of rotatable bonds is 6. The summed E-state index contributed by atoms with van der Waals surface area (Å²) < 4.78 is 16.3. The van der Waals surface area contributed by atoms with Crippen LogP contribution in [0.5, 0.6) is 0 Å². The maximum atomic E-state index is 12.3. The number of carbonyl (C=O) groups excluding carboxylic acids is 1. The van der Waals surface area contributed by atoms with Gasteiger partial charge in [0.2, 0.25) is 0 Å². The normalized spacial score (nSPS) is 27.9. The molecular formula is C20H22O7. The largest absolute Gasteiger partial charge is 0.450 e. The Hall–Kier alpha value is -2.29. The van der Waals surface area contributed by atoms with E-state index >= 15 is 0 Å². The van der Waals surface area contributed by atoms with Gasteiger partial charge < -0.3 is 29.5 Å². The highest BCUT2D eigenvalue weighted by Crippen LogP contribution is 2.26. The zero-order valence-corrected chi connectivity index (χ0v) is 14.5. The van der Waals surface area contributed by atoms with Gasteiger partial charge in [-0.1, -0.05) is 48.5 Å². The molecule has 0 amide bonds. The molecule has 0 unspecified atom stereocenters. The molecule has 2 aromatic rings. The van der Waals surface area contributed by atoms with Gasteiger partial charge in [-0.2, -0.15) is 0 Å². The van der Waals surface area contributed by atoms with Gasteiger partial charge in [-0.25, -0.2) is 4.79 Å². The lowest BCUT2D eigenvalue weighted by Crippen LogP contribution is -2.60. The zero-order valence-electron chi connectivity index (χ0n) is 14.5. The van der Waals surface area contributed by atoms with Crippen LogP contribution >= 0.6 is 0 Å². The van der Waals surface area contributed by atoms with Crippen molar-refractivity contribution < 1.29 is 34.3 Å². The molecule has 7 nitrogen and oxygen atoms in total. The van der Waals surface area contributed by atoms with E-state index in [1.807, 2.05) is 30.3 Å². The predicted octanol–water partition coefficient (Wildman–Crippen LogP) is 0.868. The lowest BCUT2D eigenvalue weighted by molar-refractivity contribution is -0.294. The van der Waals surface area contributed by atoms with Crippen molar-refractivity contribution in [3.63, 3.8) is 0 Å². The molecule has 1 aliphatic heterocycles. The third-order valence-electron chi connectivity index (χ3n) is 4.35. The van der Waals surface area contributed by atoms with E-state index in [0.717, 1.165) is 5.56 Å². The summed E-state index contributed by atoms with van der Waals surface area (Å²) in [5.41, 5.74) is 1.15. The molecule has 0 saturated carbocycles. The van der Waals surface area contributed by atoms with Crippen molar-refractivity contribution in [2.45, 2.75) is 37.3 Å². The van der Waals surface area contributed by atoms with Crippen molar-refractivity contribution in [3.8, 4) is 0 Å². The molecule has 0 aliphatic carbocycles. The maximum Gasteiger partial charge on any atom is 0.338 e. The van der Waals surface area contributed by atoms with Crippen molar-refractivity contribution in [1.82, 2.24) is 0 Å².